The maximum Gasteiger partial charge on any atom is 0.318 e. The van der Waals surface area contributed by atoms with Crippen molar-refractivity contribution in [3.8, 4) is 0 Å². The number of nitrogens with zero attached hydrogens (tertiary/aromatic N) is 3. The van der Waals surface area contributed by atoms with Crippen LogP contribution in [0.3, 0.4) is 0 Å². The van der Waals surface area contributed by atoms with Crippen LogP contribution in [0, 0.1) is 5.95 Å². The Hall–Kier alpha value is -2.34. The zero-order valence-corrected chi connectivity index (χ0v) is 15.6. The fourth-order valence-corrected chi connectivity index (χ4v) is 3.55. The highest BCUT2D eigenvalue weighted by Crippen LogP contribution is 2.23. The minimum Gasteiger partial charge on any atom is -0.368 e. The standard InChI is InChI=1S/C19H22ClFN4O/c1-13-12-24(15-7-8-22-18(21)11-15)9-10-25(13)19(26)23-14(2)16-5-3-4-6-17(16)20/h3-8,11,13-14H,9-10,12H2,1-2H3,(H,23,26)/t13-,14+/m1/s1. The van der Waals surface area contributed by atoms with Crippen LogP contribution >= 0.6 is 11.6 Å². The van der Waals surface area contributed by atoms with Crippen LogP contribution in [-0.4, -0.2) is 41.6 Å². The highest BCUT2D eigenvalue weighted by atomic mass is 35.5. The van der Waals surface area contributed by atoms with Crippen molar-refractivity contribution in [1.82, 2.24) is 15.2 Å². The molecule has 1 aliphatic heterocycles. The first-order chi connectivity index (χ1) is 12.5. The molecule has 3 rings (SSSR count). The van der Waals surface area contributed by atoms with Gasteiger partial charge in [0.2, 0.25) is 5.95 Å². The van der Waals surface area contributed by atoms with Crippen LogP contribution in [-0.2, 0) is 0 Å². The molecule has 2 aromatic rings. The quantitative estimate of drug-likeness (QED) is 0.827. The van der Waals surface area contributed by atoms with Gasteiger partial charge in [0.05, 0.1) is 6.04 Å². The number of urea groups is 1. The van der Waals surface area contributed by atoms with E-state index < -0.39 is 5.95 Å². The molecule has 2 heterocycles. The van der Waals surface area contributed by atoms with Crippen molar-refractivity contribution in [2.75, 3.05) is 24.5 Å². The molecule has 1 aliphatic rings. The minimum atomic E-state index is -0.496. The Morgan fingerprint density at radius 1 is 1.35 bits per heavy atom. The number of nitrogens with one attached hydrogen (secondary N) is 1. The molecule has 1 aromatic carbocycles. The lowest BCUT2D eigenvalue weighted by Crippen LogP contribution is -2.56. The SMILES string of the molecule is C[C@H](NC(=O)N1CCN(c2ccnc(F)c2)C[C@H]1C)c1ccccc1Cl. The molecule has 1 fully saturated rings. The summed E-state index contributed by atoms with van der Waals surface area (Å²) in [4.78, 5) is 20.1. The largest absolute Gasteiger partial charge is 0.368 e. The van der Waals surface area contributed by atoms with E-state index >= 15 is 0 Å². The van der Waals surface area contributed by atoms with Crippen LogP contribution < -0.4 is 10.2 Å². The van der Waals surface area contributed by atoms with Crippen LogP contribution in [0.4, 0.5) is 14.9 Å². The van der Waals surface area contributed by atoms with E-state index in [2.05, 4.69) is 15.2 Å². The van der Waals surface area contributed by atoms with Crippen molar-refractivity contribution < 1.29 is 9.18 Å². The maximum atomic E-state index is 13.3. The van der Waals surface area contributed by atoms with Gasteiger partial charge in [-0.2, -0.15) is 4.39 Å². The Morgan fingerprint density at radius 2 is 2.12 bits per heavy atom. The molecule has 26 heavy (non-hydrogen) atoms. The van der Waals surface area contributed by atoms with E-state index in [1.54, 1.807) is 11.0 Å². The molecular formula is C19H22ClFN4O. The summed E-state index contributed by atoms with van der Waals surface area (Å²) in [5.74, 6) is -0.496. The summed E-state index contributed by atoms with van der Waals surface area (Å²) in [5.41, 5.74) is 1.68. The highest BCUT2D eigenvalue weighted by Gasteiger charge is 2.28. The molecule has 138 valence electrons. The number of benzene rings is 1. The number of amides is 2. The van der Waals surface area contributed by atoms with Crippen LogP contribution in [0.25, 0.3) is 0 Å². The molecule has 0 spiro atoms. The number of halogens is 2. The zero-order valence-electron chi connectivity index (χ0n) is 14.8. The summed E-state index contributed by atoms with van der Waals surface area (Å²) in [5, 5.41) is 3.65. The molecule has 0 aliphatic carbocycles. The molecule has 0 bridgehead atoms. The molecule has 5 nitrogen and oxygen atoms in total. The molecule has 2 amide bonds. The molecule has 1 N–H and O–H groups in total. The monoisotopic (exact) mass is 376 g/mol. The van der Waals surface area contributed by atoms with Gasteiger partial charge in [0.15, 0.2) is 0 Å². The van der Waals surface area contributed by atoms with Gasteiger partial charge in [0.1, 0.15) is 0 Å². The smallest absolute Gasteiger partial charge is 0.318 e. The third-order valence-electron chi connectivity index (χ3n) is 4.68. The van der Waals surface area contributed by atoms with Crippen LogP contribution in [0.15, 0.2) is 42.6 Å². The fourth-order valence-electron chi connectivity index (χ4n) is 3.25. The maximum absolute atomic E-state index is 13.3. The molecular weight excluding hydrogens is 355 g/mol. The Bertz CT molecular complexity index is 788. The second-order valence-corrected chi connectivity index (χ2v) is 6.93. The third-order valence-corrected chi connectivity index (χ3v) is 5.02. The summed E-state index contributed by atoms with van der Waals surface area (Å²) in [6.07, 6.45) is 1.46. The van der Waals surface area contributed by atoms with E-state index in [0.717, 1.165) is 11.3 Å². The lowest BCUT2D eigenvalue weighted by Gasteiger charge is -2.41. The van der Waals surface area contributed by atoms with Crippen molar-refractivity contribution in [2.45, 2.75) is 25.9 Å². The van der Waals surface area contributed by atoms with Crippen LogP contribution in [0.5, 0.6) is 0 Å². The summed E-state index contributed by atoms with van der Waals surface area (Å²) >= 11 is 6.21. The first kappa shape index (κ1) is 18.5. The van der Waals surface area contributed by atoms with Crippen molar-refractivity contribution >= 4 is 23.3 Å². The topological polar surface area (TPSA) is 48.5 Å². The summed E-state index contributed by atoms with van der Waals surface area (Å²) in [6, 6.07) is 10.4. The third kappa shape index (κ3) is 4.07. The Balaban J connectivity index is 1.62. The van der Waals surface area contributed by atoms with E-state index in [0.29, 0.717) is 24.7 Å². The van der Waals surface area contributed by atoms with Gasteiger partial charge in [-0.15, -0.1) is 0 Å². The lowest BCUT2D eigenvalue weighted by atomic mass is 10.1. The predicted octanol–water partition coefficient (Wildman–Crippen LogP) is 3.86. The second kappa shape index (κ2) is 7.91. The average Bonchev–Trinajstić information content (AvgIpc) is 2.61. The van der Waals surface area contributed by atoms with Gasteiger partial charge >= 0.3 is 6.03 Å². The minimum absolute atomic E-state index is 0.00146. The van der Waals surface area contributed by atoms with Crippen molar-refractivity contribution in [1.29, 1.82) is 0 Å². The van der Waals surface area contributed by atoms with E-state index in [1.807, 2.05) is 38.1 Å². The van der Waals surface area contributed by atoms with E-state index in [1.165, 1.54) is 12.3 Å². The molecule has 0 radical (unpaired) electrons. The summed E-state index contributed by atoms with van der Waals surface area (Å²) in [6.45, 7) is 5.74. The number of carbonyl (C=O) groups excluding carboxylic acids is 1. The predicted molar refractivity (Wildman–Crippen MR) is 101 cm³/mol. The summed E-state index contributed by atoms with van der Waals surface area (Å²) < 4.78 is 13.3. The number of hydrogen-bond donors (Lipinski definition) is 1. The van der Waals surface area contributed by atoms with Crippen LogP contribution in [0.2, 0.25) is 5.02 Å². The zero-order chi connectivity index (χ0) is 18.7. The van der Waals surface area contributed by atoms with Gasteiger partial charge < -0.3 is 15.1 Å². The number of anilines is 1. The van der Waals surface area contributed by atoms with Gasteiger partial charge in [-0.3, -0.25) is 0 Å². The van der Waals surface area contributed by atoms with Gasteiger partial charge in [-0.25, -0.2) is 9.78 Å². The molecule has 7 heteroatoms. The normalized spacial score (nSPS) is 18.5. The number of pyridine rings is 1. The molecule has 1 aromatic heterocycles. The number of carbonyl (C=O) groups is 1. The van der Waals surface area contributed by atoms with Gasteiger partial charge in [0.25, 0.3) is 0 Å². The van der Waals surface area contributed by atoms with E-state index in [9.17, 15) is 9.18 Å². The molecule has 0 saturated carbocycles. The second-order valence-electron chi connectivity index (χ2n) is 6.52. The van der Waals surface area contributed by atoms with Crippen LogP contribution in [0.1, 0.15) is 25.5 Å². The van der Waals surface area contributed by atoms with E-state index in [-0.39, 0.29) is 18.1 Å². The Morgan fingerprint density at radius 3 is 2.81 bits per heavy atom. The first-order valence-corrected chi connectivity index (χ1v) is 9.01. The average molecular weight is 377 g/mol. The molecule has 1 saturated heterocycles. The Labute approximate surface area is 157 Å². The Kier molecular flexibility index (Phi) is 5.61. The van der Waals surface area contributed by atoms with Crippen molar-refractivity contribution in [3.05, 3.63) is 59.1 Å². The number of hydrogen-bond acceptors (Lipinski definition) is 3. The molecule has 2 atom stereocenters. The van der Waals surface area contributed by atoms with E-state index in [4.69, 9.17) is 11.6 Å². The number of rotatable bonds is 3. The van der Waals surface area contributed by atoms with Crippen molar-refractivity contribution in [2.24, 2.45) is 0 Å². The lowest BCUT2D eigenvalue weighted by molar-refractivity contribution is 0.168. The number of piperazine rings is 1. The highest BCUT2D eigenvalue weighted by molar-refractivity contribution is 6.31. The molecule has 0 unspecified atom stereocenters. The van der Waals surface area contributed by atoms with Gasteiger partial charge in [0, 0.05) is 48.6 Å². The fraction of sp³-hybridized carbons (Fsp3) is 0.368. The van der Waals surface area contributed by atoms with Gasteiger partial charge in [-0.1, -0.05) is 29.8 Å². The first-order valence-electron chi connectivity index (χ1n) is 8.63. The van der Waals surface area contributed by atoms with Gasteiger partial charge in [-0.05, 0) is 31.5 Å². The summed E-state index contributed by atoms with van der Waals surface area (Å²) in [7, 11) is 0. The van der Waals surface area contributed by atoms with Crippen molar-refractivity contribution in [3.63, 3.8) is 0 Å². The number of aromatic nitrogens is 1.